The third kappa shape index (κ3) is 16.1. The number of carbonyl (C=O) groups is 8. The molecule has 1 saturated heterocycles. The lowest BCUT2D eigenvalue weighted by Gasteiger charge is -2.30. The summed E-state index contributed by atoms with van der Waals surface area (Å²) in [6.07, 6.45) is 3.72. The lowest BCUT2D eigenvalue weighted by atomic mass is 10.1. The third-order valence-corrected chi connectivity index (χ3v) is 8.55. The molecule has 7 amide bonds. The molecule has 1 atom stereocenters. The van der Waals surface area contributed by atoms with E-state index in [0.717, 1.165) is 4.90 Å². The van der Waals surface area contributed by atoms with Gasteiger partial charge in [-0.25, -0.2) is 4.79 Å². The van der Waals surface area contributed by atoms with Crippen molar-refractivity contribution in [3.05, 3.63) is 12.2 Å². The van der Waals surface area contributed by atoms with E-state index in [1.807, 2.05) is 14.1 Å². The van der Waals surface area contributed by atoms with Gasteiger partial charge >= 0.3 is 5.97 Å². The maximum Gasteiger partial charge on any atom is 0.333 e. The van der Waals surface area contributed by atoms with Crippen LogP contribution in [0.25, 0.3) is 0 Å². The Kier molecular flexibility index (Phi) is 16.5. The summed E-state index contributed by atoms with van der Waals surface area (Å²) in [7, 11) is -0.398. The highest BCUT2D eigenvalue weighted by atomic mass is 32.2. The minimum Gasteiger partial charge on any atom is -0.356 e. The van der Waals surface area contributed by atoms with E-state index in [4.69, 9.17) is 9.39 Å². The lowest BCUT2D eigenvalue weighted by molar-refractivity contribution is -0.889. The van der Waals surface area contributed by atoms with Crippen LogP contribution < -0.4 is 16.0 Å². The quantitative estimate of drug-likeness (QED) is 0.0418. The Morgan fingerprint density at radius 3 is 2.10 bits per heavy atom. The number of quaternary nitrogens is 1. The van der Waals surface area contributed by atoms with Crippen LogP contribution in [-0.4, -0.2) is 133 Å². The van der Waals surface area contributed by atoms with Crippen molar-refractivity contribution in [2.45, 2.75) is 76.7 Å². The molecule has 0 unspecified atom stereocenters. The zero-order valence-corrected chi connectivity index (χ0v) is 28.8. The summed E-state index contributed by atoms with van der Waals surface area (Å²) in [6.45, 7) is 1.50. The molecule has 0 saturated carbocycles. The van der Waals surface area contributed by atoms with Gasteiger partial charge in [-0.1, -0.05) is 0 Å². The van der Waals surface area contributed by atoms with Gasteiger partial charge in [-0.05, 0) is 32.1 Å². The number of nitrogens with one attached hydrogen (secondary N) is 3. The van der Waals surface area contributed by atoms with E-state index >= 15 is 0 Å². The summed E-state index contributed by atoms with van der Waals surface area (Å²) in [5.74, 6) is -4.51. The first-order chi connectivity index (χ1) is 23.0. The van der Waals surface area contributed by atoms with Crippen LogP contribution >= 0.6 is 0 Å². The minimum absolute atomic E-state index is 0.0348. The number of unbranched alkanes of at least 4 members (excludes halogenated alkanes) is 1. The third-order valence-electron chi connectivity index (χ3n) is 7.75. The van der Waals surface area contributed by atoms with E-state index in [1.165, 1.54) is 12.2 Å². The van der Waals surface area contributed by atoms with Crippen molar-refractivity contribution in [2.75, 3.05) is 52.6 Å². The highest BCUT2D eigenvalue weighted by Gasteiger charge is 2.33. The maximum atomic E-state index is 13.1. The second-order valence-electron chi connectivity index (χ2n) is 12.4. The largest absolute Gasteiger partial charge is 0.356 e. The zero-order chi connectivity index (χ0) is 36.6. The minimum atomic E-state index is -4.08. The Morgan fingerprint density at radius 2 is 1.47 bits per heavy atom. The number of hydroxylamine groups is 2. The highest BCUT2D eigenvalue weighted by Crippen LogP contribution is 2.13. The van der Waals surface area contributed by atoms with E-state index in [1.54, 1.807) is 0 Å². The summed E-state index contributed by atoms with van der Waals surface area (Å²) in [5.41, 5.74) is 0. The number of likely N-dealkylation sites (N-methyl/N-ethyl adjacent to an activating group) is 1. The van der Waals surface area contributed by atoms with Crippen LogP contribution in [0.15, 0.2) is 12.2 Å². The van der Waals surface area contributed by atoms with Gasteiger partial charge in [0, 0.05) is 63.8 Å². The van der Waals surface area contributed by atoms with Gasteiger partial charge in [-0.2, -0.15) is 8.42 Å². The average Bonchev–Trinajstić information content (AvgIpc) is 3.49. The molecule has 0 radical (unpaired) electrons. The Balaban J connectivity index is 1.80. The van der Waals surface area contributed by atoms with Crippen LogP contribution in [0.2, 0.25) is 0 Å². The Morgan fingerprint density at radius 1 is 0.837 bits per heavy atom. The van der Waals surface area contributed by atoms with Crippen molar-refractivity contribution in [2.24, 2.45) is 0 Å². The summed E-state index contributed by atoms with van der Waals surface area (Å²) in [6, 6.07) is -0.936. The van der Waals surface area contributed by atoms with Crippen LogP contribution in [0.4, 0.5) is 0 Å². The second-order valence-corrected chi connectivity index (χ2v) is 14.0. The lowest BCUT2D eigenvalue weighted by Crippen LogP contribution is -2.51. The van der Waals surface area contributed by atoms with Crippen molar-refractivity contribution < 1.29 is 60.6 Å². The molecule has 0 bridgehead atoms. The normalized spacial score (nSPS) is 15.5. The molecular weight excluding hydrogens is 668 g/mol. The fourth-order valence-corrected chi connectivity index (χ4v) is 5.46. The first-order valence-corrected chi connectivity index (χ1v) is 17.8. The number of rotatable bonds is 23. The number of nitrogens with zero attached hydrogens (tertiary/aromatic N) is 3. The van der Waals surface area contributed by atoms with Crippen molar-refractivity contribution in [1.29, 1.82) is 0 Å². The Hall–Kier alpha value is -4.23. The Bertz CT molecular complexity index is 1360. The molecule has 0 aromatic carbocycles. The molecular formula is C30H47N6O12S+. The summed E-state index contributed by atoms with van der Waals surface area (Å²) in [5, 5.41) is 8.62. The van der Waals surface area contributed by atoms with Gasteiger partial charge < -0.3 is 25.3 Å². The van der Waals surface area contributed by atoms with Crippen molar-refractivity contribution >= 4 is 57.4 Å². The molecule has 49 heavy (non-hydrogen) atoms. The monoisotopic (exact) mass is 715 g/mol. The summed E-state index contributed by atoms with van der Waals surface area (Å²) in [4.78, 5) is 102. The second kappa shape index (κ2) is 19.7. The van der Waals surface area contributed by atoms with E-state index in [-0.39, 0.29) is 76.1 Å². The van der Waals surface area contributed by atoms with Crippen molar-refractivity contribution in [3.63, 3.8) is 0 Å². The van der Waals surface area contributed by atoms with E-state index < -0.39 is 57.6 Å². The predicted octanol–water partition coefficient (Wildman–Crippen LogP) is -1.29. The van der Waals surface area contributed by atoms with Crippen molar-refractivity contribution in [3.8, 4) is 0 Å². The van der Waals surface area contributed by atoms with E-state index in [9.17, 15) is 46.8 Å². The Labute approximate surface area is 285 Å². The topological polar surface area (TPSA) is 243 Å². The van der Waals surface area contributed by atoms with Gasteiger partial charge in [0.1, 0.15) is 6.04 Å². The van der Waals surface area contributed by atoms with Crippen LogP contribution in [0.1, 0.15) is 70.6 Å². The average molecular weight is 716 g/mol. The first kappa shape index (κ1) is 40.9. The van der Waals surface area contributed by atoms with Crippen molar-refractivity contribution in [1.82, 2.24) is 25.9 Å². The maximum absolute atomic E-state index is 13.1. The smallest absolute Gasteiger partial charge is 0.333 e. The fraction of sp³-hybridized carbons (Fsp3) is 0.667. The molecule has 18 nitrogen and oxygen atoms in total. The molecule has 19 heteroatoms. The molecule has 274 valence electrons. The van der Waals surface area contributed by atoms with E-state index in [0.29, 0.717) is 48.4 Å². The molecule has 1 fully saturated rings. The SMILES string of the molecule is C[N+](C)(CCCS(=O)(=O)O)CCNC(=O)[C@H](CCCCNC(=O)CCCN1C(=O)C=CC1=O)NC(=O)CCCC(=O)ON1C(=O)CCC1=O. The van der Waals surface area contributed by atoms with Gasteiger partial charge in [0.05, 0.1) is 39.5 Å². The van der Waals surface area contributed by atoms with Gasteiger partial charge in [-0.3, -0.25) is 43.0 Å². The molecule has 0 aromatic heterocycles. The molecule has 4 N–H and O–H groups in total. The molecule has 0 spiro atoms. The zero-order valence-electron chi connectivity index (χ0n) is 27.9. The standard InChI is InChI=1S/C30H46N6O12S/c1-36(2,19-7-21-49(45,46)47)20-17-32-30(44)22(33-24(38)9-5-11-29(43)48-35-27(41)14-15-28(35)42)8-3-4-16-31-23(37)10-6-18-34-25(39)12-13-26(34)40/h12-13,22H,3-11,14-21H2,1-2H3,(H3-,31,32,33,37,38,44,45,46,47)/p+1/t22-/m0/s1. The number of amides is 7. The highest BCUT2D eigenvalue weighted by molar-refractivity contribution is 7.85. The summed E-state index contributed by atoms with van der Waals surface area (Å²) >= 11 is 0. The van der Waals surface area contributed by atoms with Gasteiger partial charge in [0.2, 0.25) is 17.7 Å². The fourth-order valence-electron chi connectivity index (χ4n) is 4.96. The number of hydrogen-bond acceptors (Lipinski definition) is 11. The molecule has 2 aliphatic rings. The van der Waals surface area contributed by atoms with Gasteiger partial charge in [-0.15, -0.1) is 5.06 Å². The van der Waals surface area contributed by atoms with Crippen LogP contribution in [0, 0.1) is 0 Å². The molecule has 2 heterocycles. The molecule has 0 aliphatic carbocycles. The van der Waals surface area contributed by atoms with Crippen LogP contribution in [0.3, 0.4) is 0 Å². The molecule has 0 aromatic rings. The van der Waals surface area contributed by atoms with Gasteiger partial charge in [0.15, 0.2) is 0 Å². The predicted molar refractivity (Wildman–Crippen MR) is 171 cm³/mol. The number of carbonyl (C=O) groups excluding carboxylic acids is 8. The number of imide groups is 2. The first-order valence-electron chi connectivity index (χ1n) is 16.2. The molecule has 2 rings (SSSR count). The van der Waals surface area contributed by atoms with Crippen LogP contribution in [0.5, 0.6) is 0 Å². The summed E-state index contributed by atoms with van der Waals surface area (Å²) < 4.78 is 31.3. The van der Waals surface area contributed by atoms with Crippen LogP contribution in [-0.2, 0) is 53.3 Å². The van der Waals surface area contributed by atoms with Gasteiger partial charge in [0.25, 0.3) is 33.7 Å². The molecule has 2 aliphatic heterocycles. The number of hydrogen-bond donors (Lipinski definition) is 4. The van der Waals surface area contributed by atoms with E-state index in [2.05, 4.69) is 16.0 Å².